The Labute approximate surface area is 92.6 Å². The molecule has 0 saturated carbocycles. The van der Waals surface area contributed by atoms with Crippen molar-refractivity contribution in [2.75, 3.05) is 0 Å². The molecule has 0 aromatic heterocycles. The summed E-state index contributed by atoms with van der Waals surface area (Å²) in [6.07, 6.45) is 0.953. The maximum absolute atomic E-state index is 5.84. The predicted octanol–water partition coefficient (Wildman–Crippen LogP) is 2.62. The summed E-state index contributed by atoms with van der Waals surface area (Å²) in [4.78, 5) is 0. The Kier molecular flexibility index (Phi) is 2.32. The van der Waals surface area contributed by atoms with Gasteiger partial charge in [0.1, 0.15) is 11.4 Å². The molecule has 76 valence electrons. The highest BCUT2D eigenvalue weighted by atomic mass is 79.9. The molecule has 2 rings (SSSR count). The van der Waals surface area contributed by atoms with Crippen molar-refractivity contribution in [3.63, 3.8) is 0 Å². The molecule has 0 spiro atoms. The number of fused-ring (bicyclic) bond motifs is 1. The summed E-state index contributed by atoms with van der Waals surface area (Å²) in [6.45, 7) is 4.77. The lowest BCUT2D eigenvalue weighted by molar-refractivity contribution is 0.137. The second-order valence-electron chi connectivity index (χ2n) is 4.31. The van der Waals surface area contributed by atoms with Crippen molar-refractivity contribution in [3.8, 4) is 5.75 Å². The topological polar surface area (TPSA) is 35.2 Å². The Morgan fingerprint density at radius 1 is 1.50 bits per heavy atom. The molecule has 0 unspecified atom stereocenters. The van der Waals surface area contributed by atoms with Crippen LogP contribution in [0.2, 0.25) is 0 Å². The molecule has 1 aromatic rings. The minimum absolute atomic E-state index is 0.0852. The lowest BCUT2D eigenvalue weighted by Crippen LogP contribution is -2.24. The highest BCUT2D eigenvalue weighted by Crippen LogP contribution is 2.40. The van der Waals surface area contributed by atoms with Gasteiger partial charge in [0.25, 0.3) is 0 Å². The summed E-state index contributed by atoms with van der Waals surface area (Å²) in [5, 5.41) is 0. The molecule has 14 heavy (non-hydrogen) atoms. The molecule has 0 radical (unpaired) electrons. The molecule has 3 heteroatoms. The summed E-state index contributed by atoms with van der Waals surface area (Å²) in [7, 11) is 0. The number of hydrogen-bond donors (Lipinski definition) is 1. The van der Waals surface area contributed by atoms with Crippen LogP contribution in [0.1, 0.15) is 25.0 Å². The second-order valence-corrected chi connectivity index (χ2v) is 5.16. The van der Waals surface area contributed by atoms with Crippen molar-refractivity contribution in [2.24, 2.45) is 5.73 Å². The van der Waals surface area contributed by atoms with Gasteiger partial charge in [0.15, 0.2) is 0 Å². The second kappa shape index (κ2) is 3.24. The number of halogens is 1. The van der Waals surface area contributed by atoms with Crippen LogP contribution in [0, 0.1) is 0 Å². The molecule has 2 nitrogen and oxygen atoms in total. The summed E-state index contributed by atoms with van der Waals surface area (Å²) in [5.74, 6) is 0.979. The van der Waals surface area contributed by atoms with E-state index in [-0.39, 0.29) is 5.60 Å². The van der Waals surface area contributed by atoms with Crippen LogP contribution in [0.5, 0.6) is 5.75 Å². The van der Waals surface area contributed by atoms with Gasteiger partial charge >= 0.3 is 0 Å². The summed E-state index contributed by atoms with van der Waals surface area (Å²) < 4.78 is 6.85. The van der Waals surface area contributed by atoms with Crippen LogP contribution < -0.4 is 10.5 Å². The van der Waals surface area contributed by atoms with Gasteiger partial charge in [0.2, 0.25) is 0 Å². The van der Waals surface area contributed by atoms with E-state index in [9.17, 15) is 0 Å². The lowest BCUT2D eigenvalue weighted by Gasteiger charge is -2.17. The summed E-state index contributed by atoms with van der Waals surface area (Å²) in [5.41, 5.74) is 7.94. The van der Waals surface area contributed by atoms with E-state index in [1.54, 1.807) is 0 Å². The van der Waals surface area contributed by atoms with Crippen molar-refractivity contribution >= 4 is 15.9 Å². The third-order valence-corrected chi connectivity index (χ3v) is 3.00. The fourth-order valence-corrected chi connectivity index (χ4v) is 2.48. The molecule has 0 fully saturated rings. The zero-order valence-electron chi connectivity index (χ0n) is 8.43. The molecular weight excluding hydrogens is 242 g/mol. The Morgan fingerprint density at radius 2 is 2.21 bits per heavy atom. The Balaban J connectivity index is 2.47. The highest BCUT2D eigenvalue weighted by molar-refractivity contribution is 9.10. The maximum atomic E-state index is 5.84. The molecule has 0 amide bonds. The smallest absolute Gasteiger partial charge is 0.137 e. The average molecular weight is 256 g/mol. The van der Waals surface area contributed by atoms with Gasteiger partial charge in [-0.15, -0.1) is 0 Å². The molecule has 0 bridgehead atoms. The van der Waals surface area contributed by atoms with E-state index in [4.69, 9.17) is 10.5 Å². The molecule has 1 aliphatic heterocycles. The van der Waals surface area contributed by atoms with Gasteiger partial charge in [-0.25, -0.2) is 0 Å². The number of hydrogen-bond acceptors (Lipinski definition) is 2. The van der Waals surface area contributed by atoms with Gasteiger partial charge in [0, 0.05) is 13.0 Å². The van der Waals surface area contributed by atoms with Crippen molar-refractivity contribution in [2.45, 2.75) is 32.4 Å². The van der Waals surface area contributed by atoms with Crippen molar-refractivity contribution in [1.29, 1.82) is 0 Å². The van der Waals surface area contributed by atoms with E-state index >= 15 is 0 Å². The Hall–Kier alpha value is -0.540. The van der Waals surface area contributed by atoms with Crippen molar-refractivity contribution < 1.29 is 4.74 Å². The number of nitrogens with two attached hydrogens (primary N) is 1. The number of ether oxygens (including phenoxy) is 1. The predicted molar refractivity (Wildman–Crippen MR) is 60.4 cm³/mol. The Morgan fingerprint density at radius 3 is 2.86 bits per heavy atom. The molecular formula is C11H14BrNO. The lowest BCUT2D eigenvalue weighted by atomic mass is 10.0. The molecule has 2 N–H and O–H groups in total. The molecule has 1 aliphatic rings. The molecule has 1 heterocycles. The minimum Gasteiger partial charge on any atom is -0.486 e. The summed E-state index contributed by atoms with van der Waals surface area (Å²) >= 11 is 3.51. The summed E-state index contributed by atoms with van der Waals surface area (Å²) in [6, 6.07) is 4.16. The maximum Gasteiger partial charge on any atom is 0.137 e. The normalized spacial score (nSPS) is 17.7. The number of benzene rings is 1. The van der Waals surface area contributed by atoms with Crippen molar-refractivity contribution in [3.05, 3.63) is 27.7 Å². The monoisotopic (exact) mass is 255 g/mol. The van der Waals surface area contributed by atoms with Crippen LogP contribution in [0.4, 0.5) is 0 Å². The van der Waals surface area contributed by atoms with Crippen LogP contribution in [0.25, 0.3) is 0 Å². The molecule has 0 saturated heterocycles. The van der Waals surface area contributed by atoms with Crippen LogP contribution in [-0.4, -0.2) is 5.60 Å². The van der Waals surface area contributed by atoms with E-state index in [0.717, 1.165) is 22.2 Å². The van der Waals surface area contributed by atoms with Crippen LogP contribution in [0.15, 0.2) is 16.6 Å². The fourth-order valence-electron chi connectivity index (χ4n) is 1.85. The van der Waals surface area contributed by atoms with E-state index < -0.39 is 0 Å². The SMILES string of the molecule is CC1(C)Cc2cc(CN)cc(Br)c2O1. The van der Waals surface area contributed by atoms with E-state index in [1.807, 2.05) is 6.07 Å². The largest absolute Gasteiger partial charge is 0.486 e. The Bertz CT molecular complexity index is 374. The third kappa shape index (κ3) is 1.66. The van der Waals surface area contributed by atoms with Gasteiger partial charge < -0.3 is 10.5 Å². The molecule has 0 atom stereocenters. The first-order valence-electron chi connectivity index (χ1n) is 4.72. The third-order valence-electron chi connectivity index (χ3n) is 2.41. The van der Waals surface area contributed by atoms with Crippen LogP contribution in [0.3, 0.4) is 0 Å². The van der Waals surface area contributed by atoms with Crippen LogP contribution in [-0.2, 0) is 13.0 Å². The molecule has 1 aromatic carbocycles. The first kappa shape index (κ1) is 9.99. The van der Waals surface area contributed by atoms with E-state index in [0.29, 0.717) is 6.54 Å². The van der Waals surface area contributed by atoms with E-state index in [2.05, 4.69) is 35.8 Å². The minimum atomic E-state index is -0.0852. The first-order valence-corrected chi connectivity index (χ1v) is 5.51. The first-order chi connectivity index (χ1) is 6.52. The average Bonchev–Trinajstić information content (AvgIpc) is 2.40. The highest BCUT2D eigenvalue weighted by Gasteiger charge is 2.31. The number of rotatable bonds is 1. The van der Waals surface area contributed by atoms with Crippen LogP contribution >= 0.6 is 15.9 Å². The van der Waals surface area contributed by atoms with Gasteiger partial charge in [-0.3, -0.25) is 0 Å². The van der Waals surface area contributed by atoms with Gasteiger partial charge in [-0.1, -0.05) is 6.07 Å². The standard InChI is InChI=1S/C11H14BrNO/c1-11(2)5-8-3-7(6-13)4-9(12)10(8)14-11/h3-4H,5-6,13H2,1-2H3. The van der Waals surface area contributed by atoms with Gasteiger partial charge in [0.05, 0.1) is 4.47 Å². The fraction of sp³-hybridized carbons (Fsp3) is 0.455. The quantitative estimate of drug-likeness (QED) is 0.838. The van der Waals surface area contributed by atoms with E-state index in [1.165, 1.54) is 5.56 Å². The van der Waals surface area contributed by atoms with Gasteiger partial charge in [-0.2, -0.15) is 0 Å². The van der Waals surface area contributed by atoms with Gasteiger partial charge in [-0.05, 0) is 47.0 Å². The molecule has 0 aliphatic carbocycles. The van der Waals surface area contributed by atoms with Crippen molar-refractivity contribution in [1.82, 2.24) is 0 Å². The zero-order valence-corrected chi connectivity index (χ0v) is 10.0. The zero-order chi connectivity index (χ0) is 10.3.